The van der Waals surface area contributed by atoms with Gasteiger partial charge in [-0.25, -0.2) is 0 Å². The summed E-state index contributed by atoms with van der Waals surface area (Å²) in [6, 6.07) is 31.3. The topological polar surface area (TPSA) is 85.1 Å². The summed E-state index contributed by atoms with van der Waals surface area (Å²) in [6.07, 6.45) is 2.93. The molecule has 0 heterocycles. The molecule has 4 aromatic carbocycles. The van der Waals surface area contributed by atoms with Gasteiger partial charge in [-0.1, -0.05) is 110 Å². The number of halogens is 2. The lowest BCUT2D eigenvalue weighted by Crippen LogP contribution is -2.44. The second-order valence-corrected chi connectivity index (χ2v) is 11.2. The lowest BCUT2D eigenvalue weighted by atomic mass is 10.00. The minimum atomic E-state index is -3.04. The molecule has 0 unspecified atom stereocenters. The number of benzene rings is 4. The fourth-order valence-electron chi connectivity index (χ4n) is 5.08. The number of ether oxygens (including phenoxy) is 2. The van der Waals surface area contributed by atoms with Crippen LogP contribution >= 0.6 is 0 Å². The van der Waals surface area contributed by atoms with Gasteiger partial charge in [0.15, 0.2) is 5.75 Å². The smallest absolute Gasteiger partial charge is 0.311 e. The van der Waals surface area contributed by atoms with Gasteiger partial charge < -0.3 is 14.6 Å². The van der Waals surface area contributed by atoms with Gasteiger partial charge in [0.25, 0.3) is 5.92 Å². The molecule has 4 rings (SSSR count). The molecule has 0 aliphatic heterocycles. The highest BCUT2D eigenvalue weighted by molar-refractivity contribution is 5.50. The van der Waals surface area contributed by atoms with E-state index < -0.39 is 23.2 Å². The Morgan fingerprint density at radius 2 is 1.40 bits per heavy atom. The Morgan fingerprint density at radius 3 is 2.04 bits per heavy atom. The molecule has 0 saturated heterocycles. The van der Waals surface area contributed by atoms with E-state index in [2.05, 4.69) is 0 Å². The van der Waals surface area contributed by atoms with Gasteiger partial charge >= 0.3 is 5.69 Å². The predicted molar refractivity (Wildman–Crippen MR) is 170 cm³/mol. The van der Waals surface area contributed by atoms with Crippen LogP contribution in [-0.4, -0.2) is 34.7 Å². The van der Waals surface area contributed by atoms with Crippen molar-refractivity contribution in [2.75, 3.05) is 19.8 Å². The van der Waals surface area contributed by atoms with Gasteiger partial charge in [0.05, 0.1) is 4.92 Å². The molecular weight excluding hydrogens is 578 g/mol. The van der Waals surface area contributed by atoms with E-state index in [9.17, 15) is 24.0 Å². The number of nitro groups is 1. The number of hydrogen-bond donors (Lipinski definition) is 1. The van der Waals surface area contributed by atoms with Crippen molar-refractivity contribution in [3.05, 3.63) is 142 Å². The van der Waals surface area contributed by atoms with E-state index in [-0.39, 0.29) is 30.2 Å². The lowest BCUT2D eigenvalue weighted by molar-refractivity contribution is -0.386. The number of nitro benzene ring substituents is 1. The molecule has 7 nitrogen and oxygen atoms in total. The van der Waals surface area contributed by atoms with Crippen LogP contribution in [0.5, 0.6) is 5.75 Å². The van der Waals surface area contributed by atoms with E-state index in [4.69, 9.17) is 9.47 Å². The number of rotatable bonds is 18. The summed E-state index contributed by atoms with van der Waals surface area (Å²) in [6.45, 7) is 2.32. The molecule has 0 spiro atoms. The van der Waals surface area contributed by atoms with Crippen LogP contribution in [0.1, 0.15) is 54.9 Å². The third-order valence-electron chi connectivity index (χ3n) is 7.72. The summed E-state index contributed by atoms with van der Waals surface area (Å²) in [5.74, 6) is -2.91. The lowest BCUT2D eigenvalue weighted by Gasteiger charge is -2.37. The number of unbranched alkanes of at least 4 members (excludes halogenated alkanes) is 3. The van der Waals surface area contributed by atoms with Crippen LogP contribution < -0.4 is 4.74 Å². The van der Waals surface area contributed by atoms with Gasteiger partial charge in [0.1, 0.15) is 18.9 Å². The van der Waals surface area contributed by atoms with Crippen LogP contribution in [0, 0.1) is 10.1 Å². The molecule has 0 radical (unpaired) electrons. The Balaban J connectivity index is 1.35. The Labute approximate surface area is 263 Å². The second-order valence-electron chi connectivity index (χ2n) is 11.2. The summed E-state index contributed by atoms with van der Waals surface area (Å²) in [5, 5.41) is 23.8. The normalized spacial score (nSPS) is 13.0. The molecule has 0 amide bonds. The molecule has 0 aromatic heterocycles. The van der Waals surface area contributed by atoms with Crippen molar-refractivity contribution in [3.8, 4) is 5.75 Å². The number of alkyl halides is 2. The van der Waals surface area contributed by atoms with Crippen molar-refractivity contribution in [3.63, 3.8) is 0 Å². The molecule has 0 aliphatic carbocycles. The van der Waals surface area contributed by atoms with Crippen molar-refractivity contribution >= 4 is 5.69 Å². The number of aliphatic hydroxyl groups is 1. The predicted octanol–water partition coefficient (Wildman–Crippen LogP) is 8.21. The highest BCUT2D eigenvalue weighted by Gasteiger charge is 2.34. The fourth-order valence-corrected chi connectivity index (χ4v) is 5.08. The molecule has 0 bridgehead atoms. The Bertz CT molecular complexity index is 1470. The average Bonchev–Trinajstić information content (AvgIpc) is 3.05. The van der Waals surface area contributed by atoms with Crippen molar-refractivity contribution in [2.24, 2.45) is 0 Å². The van der Waals surface area contributed by atoms with E-state index in [1.807, 2.05) is 65.6 Å². The quantitative estimate of drug-likeness (QED) is 0.0524. The van der Waals surface area contributed by atoms with E-state index >= 15 is 0 Å². The van der Waals surface area contributed by atoms with Crippen LogP contribution in [0.15, 0.2) is 109 Å². The largest absolute Gasteiger partial charge is 0.482 e. The molecule has 0 fully saturated rings. The third-order valence-corrected chi connectivity index (χ3v) is 7.72. The highest BCUT2D eigenvalue weighted by atomic mass is 19.3. The van der Waals surface area contributed by atoms with Gasteiger partial charge in [-0.3, -0.25) is 15.0 Å². The first-order valence-electron chi connectivity index (χ1n) is 15.1. The molecule has 238 valence electrons. The van der Waals surface area contributed by atoms with Gasteiger partial charge in [-0.2, -0.15) is 8.78 Å². The maximum absolute atomic E-state index is 14.3. The summed E-state index contributed by atoms with van der Waals surface area (Å²) < 4.78 is 39.7. The summed E-state index contributed by atoms with van der Waals surface area (Å²) in [4.78, 5) is 13.4. The van der Waals surface area contributed by atoms with Crippen molar-refractivity contribution in [2.45, 2.75) is 57.4 Å². The van der Waals surface area contributed by atoms with E-state index in [0.29, 0.717) is 25.1 Å². The first kappa shape index (κ1) is 33.7. The second kappa shape index (κ2) is 16.2. The molecule has 0 aliphatic rings. The first-order valence-corrected chi connectivity index (χ1v) is 15.1. The van der Waals surface area contributed by atoms with Gasteiger partial charge in [-0.05, 0) is 37.0 Å². The van der Waals surface area contributed by atoms with Crippen LogP contribution in [-0.2, 0) is 29.5 Å². The molecular formula is C36H40F2N2O5. The number of nitrogens with zero attached hydrogens (tertiary/aromatic N) is 2. The fraction of sp³-hybridized carbons (Fsp3) is 0.333. The Morgan fingerprint density at radius 1 is 0.800 bits per heavy atom. The Hall–Kier alpha value is -4.18. The minimum absolute atomic E-state index is 0.0600. The first-order chi connectivity index (χ1) is 21.7. The molecule has 1 N–H and O–H groups in total. The molecule has 9 heteroatoms. The summed E-state index contributed by atoms with van der Waals surface area (Å²) >= 11 is 0. The number of hydrogen-bond acceptors (Lipinski definition) is 6. The molecule has 45 heavy (non-hydrogen) atoms. The zero-order valence-electron chi connectivity index (χ0n) is 25.5. The van der Waals surface area contributed by atoms with Crippen molar-refractivity contribution in [1.82, 2.24) is 4.90 Å². The van der Waals surface area contributed by atoms with E-state index in [1.165, 1.54) is 24.3 Å². The Kier molecular flexibility index (Phi) is 12.2. The third kappa shape index (κ3) is 9.91. The van der Waals surface area contributed by atoms with E-state index in [1.54, 1.807) is 31.2 Å². The van der Waals surface area contributed by atoms with Crippen LogP contribution in [0.2, 0.25) is 0 Å². The molecule has 0 saturated carbocycles. The SMILES string of the molecule is C[C@](O)(c1ccc(OCc2ccccc2)c([N+](=O)[O-])c1)N(CCCCCCOCC(F)(F)c1ccccc1)Cc1ccccc1. The van der Waals surface area contributed by atoms with Crippen molar-refractivity contribution < 1.29 is 28.3 Å². The monoisotopic (exact) mass is 618 g/mol. The van der Waals surface area contributed by atoms with Gasteiger partial charge in [0.2, 0.25) is 0 Å². The molecule has 4 aromatic rings. The maximum atomic E-state index is 14.3. The van der Waals surface area contributed by atoms with E-state index in [0.717, 1.165) is 30.4 Å². The zero-order valence-corrected chi connectivity index (χ0v) is 25.5. The van der Waals surface area contributed by atoms with Crippen molar-refractivity contribution in [1.29, 1.82) is 0 Å². The van der Waals surface area contributed by atoms with Gasteiger partial charge in [0, 0.05) is 36.9 Å². The zero-order chi connectivity index (χ0) is 32.1. The molecule has 1 atom stereocenters. The maximum Gasteiger partial charge on any atom is 0.311 e. The van der Waals surface area contributed by atoms with Crippen LogP contribution in [0.3, 0.4) is 0 Å². The minimum Gasteiger partial charge on any atom is -0.482 e. The van der Waals surface area contributed by atoms with Crippen LogP contribution in [0.25, 0.3) is 0 Å². The average molecular weight is 619 g/mol. The summed E-state index contributed by atoms with van der Waals surface area (Å²) in [7, 11) is 0. The summed E-state index contributed by atoms with van der Waals surface area (Å²) in [5.41, 5.74) is 0.447. The van der Waals surface area contributed by atoms with Gasteiger partial charge in [-0.15, -0.1) is 0 Å². The highest BCUT2D eigenvalue weighted by Crippen LogP contribution is 2.35. The van der Waals surface area contributed by atoms with Crippen LogP contribution in [0.4, 0.5) is 14.5 Å². The standard InChI is InChI=1S/C36H40F2N2O5/c1-35(41,32-21-22-34(33(25-32)40(42)43)45-27-30-17-9-5-10-18-30)39(26-29-15-7-4-8-16-29)23-13-2-3-14-24-44-28-36(37,38)31-19-11-6-12-20-31/h4-12,15-22,25,41H,2-3,13-14,23-24,26-28H2,1H3/t35-/m0/s1.